The van der Waals surface area contributed by atoms with Gasteiger partial charge in [-0.15, -0.1) is 11.6 Å². The van der Waals surface area contributed by atoms with E-state index < -0.39 is 4.92 Å². The maximum Gasteiger partial charge on any atom is 0.270 e. The monoisotopic (exact) mass is 253 g/mol. The third-order valence-corrected chi connectivity index (χ3v) is 2.28. The van der Waals surface area contributed by atoms with E-state index in [0.717, 1.165) is 0 Å². The second kappa shape index (κ2) is 4.92. The molecule has 6 nitrogen and oxygen atoms in total. The van der Waals surface area contributed by atoms with Gasteiger partial charge in [0.15, 0.2) is 0 Å². The molecule has 88 valence electrons. The van der Waals surface area contributed by atoms with Gasteiger partial charge >= 0.3 is 0 Å². The number of rotatable bonds is 4. The van der Waals surface area contributed by atoms with Crippen LogP contribution in [0.4, 0.5) is 5.69 Å². The summed E-state index contributed by atoms with van der Waals surface area (Å²) in [5.74, 6) is 1.13. The highest BCUT2D eigenvalue weighted by atomic mass is 35.5. The number of nitro groups is 1. The fourth-order valence-electron chi connectivity index (χ4n) is 1.31. The highest BCUT2D eigenvalue weighted by Gasteiger charge is 2.12. The Morgan fingerprint density at radius 1 is 1.47 bits per heavy atom. The summed E-state index contributed by atoms with van der Waals surface area (Å²) in [4.78, 5) is 14.2. The number of non-ortho nitro benzene ring substituents is 1. The van der Waals surface area contributed by atoms with Crippen molar-refractivity contribution in [3.05, 3.63) is 40.3 Å². The molecule has 0 radical (unpaired) electrons. The first-order chi connectivity index (χ1) is 8.20. The first kappa shape index (κ1) is 11.5. The van der Waals surface area contributed by atoms with Gasteiger partial charge < -0.3 is 4.52 Å². The van der Waals surface area contributed by atoms with Gasteiger partial charge in [-0.1, -0.05) is 17.3 Å². The van der Waals surface area contributed by atoms with Crippen molar-refractivity contribution in [3.8, 4) is 11.4 Å². The van der Waals surface area contributed by atoms with Crippen molar-refractivity contribution in [1.29, 1.82) is 0 Å². The molecule has 0 aliphatic heterocycles. The summed E-state index contributed by atoms with van der Waals surface area (Å²) >= 11 is 5.54. The third-order valence-electron chi connectivity index (χ3n) is 2.09. The molecule has 0 aliphatic carbocycles. The molecule has 0 atom stereocenters. The molecular formula is C10H8ClN3O3. The standard InChI is InChI=1S/C10H8ClN3O3/c11-5-4-9-12-10(13-17-9)7-2-1-3-8(6-7)14(15)16/h1-3,6H,4-5H2. The van der Waals surface area contributed by atoms with Gasteiger partial charge in [-0.3, -0.25) is 10.1 Å². The van der Waals surface area contributed by atoms with E-state index in [0.29, 0.717) is 29.6 Å². The maximum absolute atomic E-state index is 10.6. The SMILES string of the molecule is O=[N+]([O-])c1cccc(-c2noc(CCCl)n2)c1. The van der Waals surface area contributed by atoms with Gasteiger partial charge in [-0.2, -0.15) is 4.98 Å². The number of hydrogen-bond acceptors (Lipinski definition) is 5. The molecule has 0 aliphatic rings. The average molecular weight is 254 g/mol. The molecule has 0 saturated heterocycles. The van der Waals surface area contributed by atoms with Crippen LogP contribution in [0.3, 0.4) is 0 Å². The Hall–Kier alpha value is -1.95. The lowest BCUT2D eigenvalue weighted by molar-refractivity contribution is -0.384. The van der Waals surface area contributed by atoms with Crippen molar-refractivity contribution < 1.29 is 9.45 Å². The molecule has 2 rings (SSSR count). The Balaban J connectivity index is 2.32. The first-order valence-electron chi connectivity index (χ1n) is 4.84. The second-order valence-corrected chi connectivity index (χ2v) is 3.64. The van der Waals surface area contributed by atoms with E-state index in [4.69, 9.17) is 16.1 Å². The number of aromatic nitrogens is 2. The Morgan fingerprint density at radius 2 is 2.29 bits per heavy atom. The van der Waals surface area contributed by atoms with Crippen LogP contribution in [0.25, 0.3) is 11.4 Å². The minimum atomic E-state index is -0.469. The highest BCUT2D eigenvalue weighted by Crippen LogP contribution is 2.21. The van der Waals surface area contributed by atoms with E-state index >= 15 is 0 Å². The number of benzene rings is 1. The van der Waals surface area contributed by atoms with Crippen molar-refractivity contribution in [3.63, 3.8) is 0 Å². The lowest BCUT2D eigenvalue weighted by Gasteiger charge is -1.94. The summed E-state index contributed by atoms with van der Waals surface area (Å²) in [5.41, 5.74) is 0.537. The van der Waals surface area contributed by atoms with Crippen LogP contribution in [0, 0.1) is 10.1 Å². The smallest absolute Gasteiger partial charge is 0.270 e. The van der Waals surface area contributed by atoms with E-state index in [2.05, 4.69) is 10.1 Å². The minimum Gasteiger partial charge on any atom is -0.339 e. The maximum atomic E-state index is 10.6. The van der Waals surface area contributed by atoms with Gasteiger partial charge in [-0.25, -0.2) is 0 Å². The zero-order valence-corrected chi connectivity index (χ0v) is 9.42. The largest absolute Gasteiger partial charge is 0.339 e. The topological polar surface area (TPSA) is 82.1 Å². The predicted molar refractivity (Wildman–Crippen MR) is 60.8 cm³/mol. The molecule has 1 heterocycles. The Kier molecular flexibility index (Phi) is 3.34. The normalized spacial score (nSPS) is 10.4. The Bertz CT molecular complexity index is 541. The van der Waals surface area contributed by atoms with Gasteiger partial charge in [0.2, 0.25) is 11.7 Å². The molecule has 0 fully saturated rings. The van der Waals surface area contributed by atoms with Crippen molar-refractivity contribution >= 4 is 17.3 Å². The fourth-order valence-corrected chi connectivity index (χ4v) is 1.47. The summed E-state index contributed by atoms with van der Waals surface area (Å²) in [6.07, 6.45) is 0.476. The summed E-state index contributed by atoms with van der Waals surface area (Å²) in [5, 5.41) is 14.4. The van der Waals surface area contributed by atoms with Crippen molar-refractivity contribution in [1.82, 2.24) is 10.1 Å². The van der Waals surface area contributed by atoms with Gasteiger partial charge in [0.05, 0.1) is 4.92 Å². The molecule has 7 heteroatoms. The third kappa shape index (κ3) is 2.59. The average Bonchev–Trinajstić information content (AvgIpc) is 2.78. The summed E-state index contributed by atoms with van der Waals surface area (Å²) in [6, 6.07) is 6.06. The van der Waals surface area contributed by atoms with Crippen molar-refractivity contribution in [2.75, 3.05) is 5.88 Å². The Morgan fingerprint density at radius 3 is 3.00 bits per heavy atom. The highest BCUT2D eigenvalue weighted by molar-refractivity contribution is 6.17. The molecule has 1 aromatic carbocycles. The van der Waals surface area contributed by atoms with Crippen LogP contribution >= 0.6 is 11.6 Å². The van der Waals surface area contributed by atoms with Crippen LogP contribution < -0.4 is 0 Å². The zero-order chi connectivity index (χ0) is 12.3. The molecule has 2 aromatic rings. The van der Waals surface area contributed by atoms with Crippen LogP contribution in [0.1, 0.15) is 5.89 Å². The molecule has 0 unspecified atom stereocenters. The van der Waals surface area contributed by atoms with Crippen molar-refractivity contribution in [2.24, 2.45) is 0 Å². The number of aryl methyl sites for hydroxylation is 1. The van der Waals surface area contributed by atoms with E-state index in [1.807, 2.05) is 0 Å². The number of halogens is 1. The van der Waals surface area contributed by atoms with Gasteiger partial charge in [-0.05, 0) is 0 Å². The van der Waals surface area contributed by atoms with E-state index in [1.54, 1.807) is 12.1 Å². The minimum absolute atomic E-state index is 0.00815. The van der Waals surface area contributed by atoms with Crippen molar-refractivity contribution in [2.45, 2.75) is 6.42 Å². The lowest BCUT2D eigenvalue weighted by Crippen LogP contribution is -1.89. The number of hydrogen-bond donors (Lipinski definition) is 0. The summed E-state index contributed by atoms with van der Waals surface area (Å²) in [6.45, 7) is 0. The number of nitro benzene ring substituents is 1. The van der Waals surface area contributed by atoms with Crippen LogP contribution in [0.5, 0.6) is 0 Å². The lowest BCUT2D eigenvalue weighted by atomic mass is 10.2. The molecule has 0 N–H and O–H groups in total. The van der Waals surface area contributed by atoms with Crippen LogP contribution in [-0.4, -0.2) is 20.9 Å². The molecule has 0 saturated carbocycles. The van der Waals surface area contributed by atoms with Crippen LogP contribution in [0.2, 0.25) is 0 Å². The van der Waals surface area contributed by atoms with Crippen LogP contribution in [0.15, 0.2) is 28.8 Å². The van der Waals surface area contributed by atoms with Gasteiger partial charge in [0.1, 0.15) is 0 Å². The quantitative estimate of drug-likeness (QED) is 0.475. The Labute approximate surface area is 101 Å². The molecule has 17 heavy (non-hydrogen) atoms. The summed E-state index contributed by atoms with van der Waals surface area (Å²) < 4.78 is 4.94. The number of nitrogens with zero attached hydrogens (tertiary/aromatic N) is 3. The van der Waals surface area contributed by atoms with Gasteiger partial charge in [0, 0.05) is 30.0 Å². The van der Waals surface area contributed by atoms with E-state index in [-0.39, 0.29) is 5.69 Å². The van der Waals surface area contributed by atoms with Gasteiger partial charge in [0.25, 0.3) is 5.69 Å². The predicted octanol–water partition coefficient (Wildman–Crippen LogP) is 2.43. The zero-order valence-electron chi connectivity index (χ0n) is 8.67. The molecule has 0 bridgehead atoms. The molecule has 1 aromatic heterocycles. The second-order valence-electron chi connectivity index (χ2n) is 3.26. The van der Waals surface area contributed by atoms with Crippen LogP contribution in [-0.2, 0) is 6.42 Å². The van der Waals surface area contributed by atoms with E-state index in [1.165, 1.54) is 12.1 Å². The molecule has 0 spiro atoms. The van der Waals surface area contributed by atoms with E-state index in [9.17, 15) is 10.1 Å². The molecule has 0 amide bonds. The molecular weight excluding hydrogens is 246 g/mol. The first-order valence-corrected chi connectivity index (χ1v) is 5.37. The number of alkyl halides is 1. The summed E-state index contributed by atoms with van der Waals surface area (Å²) in [7, 11) is 0. The fraction of sp³-hybridized carbons (Fsp3) is 0.200.